The molecule has 0 saturated heterocycles. The lowest BCUT2D eigenvalue weighted by atomic mass is 10.1. The highest BCUT2D eigenvalue weighted by Gasteiger charge is 2.11. The van der Waals surface area contributed by atoms with E-state index in [0.29, 0.717) is 15.8 Å². The number of halogens is 2. The van der Waals surface area contributed by atoms with Gasteiger partial charge < -0.3 is 4.74 Å². The van der Waals surface area contributed by atoms with Gasteiger partial charge in [0, 0.05) is 10.0 Å². The summed E-state index contributed by atoms with van der Waals surface area (Å²) in [6.07, 6.45) is 0. The standard InChI is InChI=1S/C17H15Br2N3O3S/c1-10-4-2-3-5-12(10)16(24)20-17(26)22-21-15(23)9-25-14-7-6-11(18)8-13(14)19/h2-8H,9H2,1H3,(H,21,23)(H2,20,22,24,26). The molecule has 0 aromatic heterocycles. The van der Waals surface area contributed by atoms with E-state index in [1.165, 1.54) is 0 Å². The zero-order valence-corrected chi connectivity index (χ0v) is 17.6. The number of aryl methyl sites for hydroxylation is 1. The molecule has 0 fully saturated rings. The Morgan fingerprint density at radius 2 is 1.85 bits per heavy atom. The highest BCUT2D eigenvalue weighted by molar-refractivity contribution is 9.11. The van der Waals surface area contributed by atoms with Gasteiger partial charge in [0.05, 0.1) is 4.47 Å². The molecule has 0 spiro atoms. The van der Waals surface area contributed by atoms with Crippen LogP contribution in [0.4, 0.5) is 0 Å². The molecule has 0 saturated carbocycles. The average molecular weight is 501 g/mol. The summed E-state index contributed by atoms with van der Waals surface area (Å²) in [5.74, 6) is -0.281. The molecule has 9 heteroatoms. The fourth-order valence-corrected chi connectivity index (χ4v) is 3.23. The molecule has 136 valence electrons. The van der Waals surface area contributed by atoms with E-state index in [-0.39, 0.29) is 17.6 Å². The first kappa shape index (κ1) is 20.3. The third-order valence-corrected chi connectivity index (χ3v) is 4.50. The minimum absolute atomic E-state index is 0.0172. The molecule has 0 bridgehead atoms. The highest BCUT2D eigenvalue weighted by Crippen LogP contribution is 2.27. The summed E-state index contributed by atoms with van der Waals surface area (Å²) in [5.41, 5.74) is 6.15. The van der Waals surface area contributed by atoms with Crippen molar-refractivity contribution in [1.29, 1.82) is 0 Å². The van der Waals surface area contributed by atoms with Crippen LogP contribution in [0.15, 0.2) is 51.4 Å². The van der Waals surface area contributed by atoms with Crippen molar-refractivity contribution in [3.05, 3.63) is 62.5 Å². The van der Waals surface area contributed by atoms with E-state index in [9.17, 15) is 9.59 Å². The fourth-order valence-electron chi connectivity index (χ4n) is 1.93. The molecule has 6 nitrogen and oxygen atoms in total. The molecule has 2 rings (SSSR count). The van der Waals surface area contributed by atoms with Gasteiger partial charge in [0.1, 0.15) is 5.75 Å². The monoisotopic (exact) mass is 499 g/mol. The minimum Gasteiger partial charge on any atom is -0.483 e. The lowest BCUT2D eigenvalue weighted by Gasteiger charge is -2.12. The second-order valence-corrected chi connectivity index (χ2v) is 7.31. The smallest absolute Gasteiger partial charge is 0.276 e. The molecule has 0 aliphatic carbocycles. The van der Waals surface area contributed by atoms with Crippen molar-refractivity contribution >= 4 is 61.0 Å². The number of hydrazine groups is 1. The molecule has 0 atom stereocenters. The number of ether oxygens (including phenoxy) is 1. The van der Waals surface area contributed by atoms with E-state index in [2.05, 4.69) is 48.0 Å². The molecule has 0 aliphatic heterocycles. The zero-order chi connectivity index (χ0) is 19.1. The van der Waals surface area contributed by atoms with E-state index in [4.69, 9.17) is 17.0 Å². The van der Waals surface area contributed by atoms with Crippen molar-refractivity contribution < 1.29 is 14.3 Å². The normalized spacial score (nSPS) is 9.96. The largest absolute Gasteiger partial charge is 0.483 e. The van der Waals surface area contributed by atoms with Crippen molar-refractivity contribution in [2.75, 3.05) is 6.61 Å². The molecule has 3 N–H and O–H groups in total. The van der Waals surface area contributed by atoms with Crippen LogP contribution in [-0.2, 0) is 4.79 Å². The van der Waals surface area contributed by atoms with Crippen LogP contribution in [0, 0.1) is 6.92 Å². The summed E-state index contributed by atoms with van der Waals surface area (Å²) in [5, 5.41) is 2.48. The van der Waals surface area contributed by atoms with E-state index in [1.54, 1.807) is 24.3 Å². The highest BCUT2D eigenvalue weighted by atomic mass is 79.9. The average Bonchev–Trinajstić information content (AvgIpc) is 2.59. The molecular formula is C17H15Br2N3O3S. The molecule has 2 aromatic carbocycles. The Morgan fingerprint density at radius 3 is 2.54 bits per heavy atom. The Kier molecular flexibility index (Phi) is 7.55. The predicted octanol–water partition coefficient (Wildman–Crippen LogP) is 3.23. The van der Waals surface area contributed by atoms with Gasteiger partial charge in [-0.2, -0.15) is 0 Å². The van der Waals surface area contributed by atoms with Crippen molar-refractivity contribution in [3.8, 4) is 5.75 Å². The number of carbonyl (C=O) groups excluding carboxylic acids is 2. The van der Waals surface area contributed by atoms with Gasteiger partial charge in [-0.25, -0.2) is 0 Å². The van der Waals surface area contributed by atoms with E-state index < -0.39 is 5.91 Å². The molecule has 0 unspecified atom stereocenters. The second kappa shape index (κ2) is 9.65. The number of thiocarbonyl (C=S) groups is 1. The second-order valence-electron chi connectivity index (χ2n) is 5.13. The Hall–Kier alpha value is -1.97. The van der Waals surface area contributed by atoms with Crippen molar-refractivity contribution in [3.63, 3.8) is 0 Å². The van der Waals surface area contributed by atoms with Gasteiger partial charge in [0.25, 0.3) is 11.8 Å². The summed E-state index contributed by atoms with van der Waals surface area (Å²) < 4.78 is 7.00. The molecule has 26 heavy (non-hydrogen) atoms. The molecule has 0 radical (unpaired) electrons. The fraction of sp³-hybridized carbons (Fsp3) is 0.118. The predicted molar refractivity (Wildman–Crippen MR) is 110 cm³/mol. The number of nitrogens with one attached hydrogen (secondary N) is 3. The quantitative estimate of drug-likeness (QED) is 0.443. The van der Waals surface area contributed by atoms with Crippen LogP contribution in [0.1, 0.15) is 15.9 Å². The molecular weight excluding hydrogens is 486 g/mol. The van der Waals surface area contributed by atoms with Crippen LogP contribution >= 0.6 is 44.1 Å². The van der Waals surface area contributed by atoms with Crippen LogP contribution in [0.5, 0.6) is 5.75 Å². The number of carbonyl (C=O) groups is 2. The maximum absolute atomic E-state index is 12.1. The lowest BCUT2D eigenvalue weighted by molar-refractivity contribution is -0.123. The van der Waals surface area contributed by atoms with Gasteiger partial charge >= 0.3 is 0 Å². The summed E-state index contributed by atoms with van der Waals surface area (Å²) in [7, 11) is 0. The van der Waals surface area contributed by atoms with Gasteiger partial charge in [-0.3, -0.25) is 25.8 Å². The van der Waals surface area contributed by atoms with Crippen LogP contribution in [0.25, 0.3) is 0 Å². The minimum atomic E-state index is -0.452. The molecule has 2 amide bonds. The summed E-state index contributed by atoms with van der Waals surface area (Å²) in [6, 6.07) is 12.4. The first-order valence-corrected chi connectivity index (χ1v) is 9.40. The Morgan fingerprint density at radius 1 is 1.12 bits per heavy atom. The van der Waals surface area contributed by atoms with Crippen molar-refractivity contribution in [2.24, 2.45) is 0 Å². The maximum Gasteiger partial charge on any atom is 0.276 e. The van der Waals surface area contributed by atoms with Gasteiger partial charge in [0.2, 0.25) is 0 Å². The Labute approximate surface area is 172 Å². The molecule has 0 aliphatic rings. The SMILES string of the molecule is Cc1ccccc1C(=O)NC(=S)NNC(=O)COc1ccc(Br)cc1Br. The number of amides is 2. The van der Waals surface area contributed by atoms with Crippen molar-refractivity contribution in [2.45, 2.75) is 6.92 Å². The number of hydrogen-bond acceptors (Lipinski definition) is 4. The van der Waals surface area contributed by atoms with Gasteiger partial charge in [-0.15, -0.1) is 0 Å². The number of hydrogen-bond donors (Lipinski definition) is 3. The molecule has 2 aromatic rings. The van der Waals surface area contributed by atoms with Crippen LogP contribution in [-0.4, -0.2) is 23.5 Å². The summed E-state index contributed by atoms with van der Waals surface area (Å²) in [6.45, 7) is 1.60. The zero-order valence-electron chi connectivity index (χ0n) is 13.6. The van der Waals surface area contributed by atoms with Gasteiger partial charge in [0.15, 0.2) is 11.7 Å². The van der Waals surface area contributed by atoms with E-state index in [0.717, 1.165) is 10.0 Å². The topological polar surface area (TPSA) is 79.5 Å². The summed E-state index contributed by atoms with van der Waals surface area (Å²) >= 11 is 11.7. The third-order valence-electron chi connectivity index (χ3n) is 3.18. The van der Waals surface area contributed by atoms with Crippen LogP contribution in [0.3, 0.4) is 0 Å². The maximum atomic E-state index is 12.1. The number of benzene rings is 2. The van der Waals surface area contributed by atoms with Gasteiger partial charge in [-0.05, 0) is 64.9 Å². The molecule has 0 heterocycles. The van der Waals surface area contributed by atoms with Crippen LogP contribution in [0.2, 0.25) is 0 Å². The summed E-state index contributed by atoms with van der Waals surface area (Å²) in [4.78, 5) is 23.9. The van der Waals surface area contributed by atoms with Crippen molar-refractivity contribution in [1.82, 2.24) is 16.2 Å². The Balaban J connectivity index is 1.77. The number of rotatable bonds is 4. The van der Waals surface area contributed by atoms with Gasteiger partial charge in [-0.1, -0.05) is 34.1 Å². The first-order valence-electron chi connectivity index (χ1n) is 7.40. The Bertz CT molecular complexity index is 846. The van der Waals surface area contributed by atoms with E-state index in [1.807, 2.05) is 25.1 Å². The first-order chi connectivity index (χ1) is 12.4. The van der Waals surface area contributed by atoms with E-state index >= 15 is 0 Å². The third kappa shape index (κ3) is 6.08. The lowest BCUT2D eigenvalue weighted by Crippen LogP contribution is -2.49. The van der Waals surface area contributed by atoms with Crippen LogP contribution < -0.4 is 20.9 Å².